The molecule has 0 radical (unpaired) electrons. The SMILES string of the molecule is O=C(Nc1cc(C(F)(F)F)ns1)Oc1ccccc1. The van der Waals surface area contributed by atoms with Crippen LogP contribution in [0.1, 0.15) is 5.69 Å². The summed E-state index contributed by atoms with van der Waals surface area (Å²) in [5.41, 5.74) is -1.05. The van der Waals surface area contributed by atoms with E-state index >= 15 is 0 Å². The van der Waals surface area contributed by atoms with Crippen molar-refractivity contribution < 1.29 is 22.7 Å². The van der Waals surface area contributed by atoms with Crippen molar-refractivity contribution in [2.24, 2.45) is 0 Å². The maximum absolute atomic E-state index is 12.3. The number of benzene rings is 1. The molecule has 0 atom stereocenters. The quantitative estimate of drug-likeness (QED) is 0.915. The van der Waals surface area contributed by atoms with Gasteiger partial charge >= 0.3 is 12.3 Å². The van der Waals surface area contributed by atoms with Gasteiger partial charge in [0.15, 0.2) is 5.69 Å². The fraction of sp³-hybridized carbons (Fsp3) is 0.0909. The third-order valence-electron chi connectivity index (χ3n) is 1.98. The minimum Gasteiger partial charge on any atom is -0.410 e. The molecule has 2 aromatic rings. The average Bonchev–Trinajstić information content (AvgIpc) is 2.78. The number of anilines is 1. The lowest BCUT2D eigenvalue weighted by atomic mass is 10.3. The molecule has 1 aromatic heterocycles. The van der Waals surface area contributed by atoms with Gasteiger partial charge in [-0.15, -0.1) is 0 Å². The van der Waals surface area contributed by atoms with Crippen LogP contribution in [-0.2, 0) is 6.18 Å². The maximum atomic E-state index is 12.3. The predicted molar refractivity (Wildman–Crippen MR) is 63.2 cm³/mol. The molecule has 19 heavy (non-hydrogen) atoms. The van der Waals surface area contributed by atoms with Crippen molar-refractivity contribution in [1.82, 2.24) is 4.37 Å². The number of carbonyl (C=O) groups excluding carboxylic acids is 1. The van der Waals surface area contributed by atoms with Gasteiger partial charge in [0.2, 0.25) is 0 Å². The van der Waals surface area contributed by atoms with E-state index in [4.69, 9.17) is 4.74 Å². The number of alkyl halides is 3. The molecule has 4 nitrogen and oxygen atoms in total. The highest BCUT2D eigenvalue weighted by Gasteiger charge is 2.34. The Balaban J connectivity index is 1.98. The summed E-state index contributed by atoms with van der Waals surface area (Å²) >= 11 is 0.533. The van der Waals surface area contributed by atoms with Gasteiger partial charge < -0.3 is 4.74 Å². The summed E-state index contributed by atoms with van der Waals surface area (Å²) in [5, 5.41) is 2.14. The van der Waals surface area contributed by atoms with E-state index in [2.05, 4.69) is 9.69 Å². The van der Waals surface area contributed by atoms with Gasteiger partial charge in [-0.25, -0.2) is 4.79 Å². The first-order valence-electron chi connectivity index (χ1n) is 5.03. The van der Waals surface area contributed by atoms with Crippen LogP contribution in [0.4, 0.5) is 23.0 Å². The van der Waals surface area contributed by atoms with E-state index in [0.29, 0.717) is 17.3 Å². The zero-order valence-electron chi connectivity index (χ0n) is 9.27. The largest absolute Gasteiger partial charge is 0.434 e. The van der Waals surface area contributed by atoms with Crippen molar-refractivity contribution in [3.05, 3.63) is 42.1 Å². The Morgan fingerprint density at radius 3 is 2.53 bits per heavy atom. The highest BCUT2D eigenvalue weighted by molar-refractivity contribution is 7.10. The highest BCUT2D eigenvalue weighted by atomic mass is 32.1. The third-order valence-corrected chi connectivity index (χ3v) is 2.68. The van der Waals surface area contributed by atoms with Crippen LogP contribution in [-0.4, -0.2) is 10.5 Å². The number of para-hydroxylation sites is 1. The molecule has 1 heterocycles. The molecule has 1 N–H and O–H groups in total. The Kier molecular flexibility index (Phi) is 3.70. The summed E-state index contributed by atoms with van der Waals surface area (Å²) < 4.78 is 44.9. The Bertz CT molecular complexity index is 569. The summed E-state index contributed by atoms with van der Waals surface area (Å²) in [6.07, 6.45) is -5.40. The van der Waals surface area contributed by atoms with Gasteiger partial charge in [-0.2, -0.15) is 17.5 Å². The van der Waals surface area contributed by atoms with Gasteiger partial charge in [0.1, 0.15) is 10.8 Å². The second-order valence-corrected chi connectivity index (χ2v) is 4.21. The van der Waals surface area contributed by atoms with Crippen LogP contribution in [0.5, 0.6) is 5.75 Å². The molecule has 0 saturated carbocycles. The van der Waals surface area contributed by atoms with Gasteiger partial charge in [-0.3, -0.25) is 5.32 Å². The normalized spacial score (nSPS) is 11.1. The number of ether oxygens (including phenoxy) is 1. The number of rotatable bonds is 2. The van der Waals surface area contributed by atoms with E-state index in [-0.39, 0.29) is 5.00 Å². The molecule has 0 saturated heterocycles. The topological polar surface area (TPSA) is 51.2 Å². The average molecular weight is 288 g/mol. The second kappa shape index (κ2) is 5.27. The number of halogens is 3. The second-order valence-electron chi connectivity index (χ2n) is 3.40. The van der Waals surface area contributed by atoms with E-state index in [0.717, 1.165) is 6.07 Å². The minimum atomic E-state index is -4.53. The van der Waals surface area contributed by atoms with Crippen LogP contribution in [0.2, 0.25) is 0 Å². The first kappa shape index (κ1) is 13.3. The molecule has 0 aliphatic carbocycles. The zero-order chi connectivity index (χ0) is 13.9. The van der Waals surface area contributed by atoms with E-state index < -0.39 is 18.0 Å². The Labute approximate surface area is 110 Å². The van der Waals surface area contributed by atoms with Gasteiger partial charge in [-0.1, -0.05) is 18.2 Å². The smallest absolute Gasteiger partial charge is 0.410 e. The first-order valence-corrected chi connectivity index (χ1v) is 5.80. The molecular weight excluding hydrogens is 281 g/mol. The van der Waals surface area contributed by atoms with Crippen molar-refractivity contribution in [3.8, 4) is 5.75 Å². The van der Waals surface area contributed by atoms with Crippen LogP contribution < -0.4 is 10.1 Å². The molecule has 8 heteroatoms. The number of nitrogens with zero attached hydrogens (tertiary/aromatic N) is 1. The minimum absolute atomic E-state index is 0.0340. The van der Waals surface area contributed by atoms with Crippen molar-refractivity contribution in [1.29, 1.82) is 0 Å². The van der Waals surface area contributed by atoms with Crippen LogP contribution >= 0.6 is 11.5 Å². The number of carbonyl (C=O) groups is 1. The molecule has 0 aliphatic heterocycles. The third kappa shape index (κ3) is 3.68. The zero-order valence-corrected chi connectivity index (χ0v) is 10.1. The van der Waals surface area contributed by atoms with Crippen LogP contribution in [0.25, 0.3) is 0 Å². The number of nitrogens with one attached hydrogen (secondary N) is 1. The number of hydrogen-bond acceptors (Lipinski definition) is 4. The van der Waals surface area contributed by atoms with Crippen molar-refractivity contribution in [3.63, 3.8) is 0 Å². The molecular formula is C11H7F3N2O2S. The summed E-state index contributed by atoms with van der Waals surface area (Å²) in [5.74, 6) is 0.292. The molecule has 0 bridgehead atoms. The van der Waals surface area contributed by atoms with E-state index in [1.807, 2.05) is 0 Å². The molecule has 1 aromatic carbocycles. The molecule has 2 rings (SSSR count). The van der Waals surface area contributed by atoms with Gasteiger partial charge in [0.25, 0.3) is 0 Å². The molecule has 0 aliphatic rings. The Morgan fingerprint density at radius 2 is 1.95 bits per heavy atom. The van der Waals surface area contributed by atoms with Gasteiger partial charge in [0.05, 0.1) is 0 Å². The number of aromatic nitrogens is 1. The van der Waals surface area contributed by atoms with E-state index in [1.54, 1.807) is 30.3 Å². The van der Waals surface area contributed by atoms with Crippen LogP contribution in [0.15, 0.2) is 36.4 Å². The molecule has 0 spiro atoms. The summed E-state index contributed by atoms with van der Waals surface area (Å²) in [4.78, 5) is 11.4. The summed E-state index contributed by atoms with van der Waals surface area (Å²) in [7, 11) is 0. The first-order chi connectivity index (χ1) is 8.95. The number of amides is 1. The lowest BCUT2D eigenvalue weighted by molar-refractivity contribution is -0.140. The van der Waals surface area contributed by atoms with Gasteiger partial charge in [-0.05, 0) is 23.7 Å². The molecule has 0 fully saturated rings. The molecule has 0 unspecified atom stereocenters. The maximum Gasteiger partial charge on any atom is 0.434 e. The van der Waals surface area contributed by atoms with Crippen LogP contribution in [0, 0.1) is 0 Å². The van der Waals surface area contributed by atoms with E-state index in [1.165, 1.54) is 0 Å². The van der Waals surface area contributed by atoms with Crippen molar-refractivity contribution >= 4 is 22.6 Å². The summed E-state index contributed by atoms with van der Waals surface area (Å²) in [6, 6.07) is 8.91. The molecule has 1 amide bonds. The fourth-order valence-corrected chi connectivity index (χ4v) is 1.84. The molecule has 100 valence electrons. The van der Waals surface area contributed by atoms with Crippen molar-refractivity contribution in [2.75, 3.05) is 5.32 Å². The lowest BCUT2D eigenvalue weighted by Crippen LogP contribution is -2.15. The highest BCUT2D eigenvalue weighted by Crippen LogP contribution is 2.31. The summed E-state index contributed by atoms with van der Waals surface area (Å²) in [6.45, 7) is 0. The monoisotopic (exact) mass is 288 g/mol. The van der Waals surface area contributed by atoms with E-state index in [9.17, 15) is 18.0 Å². The Hall–Kier alpha value is -2.09. The lowest BCUT2D eigenvalue weighted by Gasteiger charge is -2.03. The number of hydrogen-bond donors (Lipinski definition) is 1. The standard InChI is InChI=1S/C11H7F3N2O2S/c12-11(13,14)8-6-9(19-16-8)15-10(17)18-7-4-2-1-3-5-7/h1-6H,(H,15,17). The predicted octanol–water partition coefficient (Wildman–Crippen LogP) is 3.77. The Morgan fingerprint density at radius 1 is 1.26 bits per heavy atom. The van der Waals surface area contributed by atoms with Gasteiger partial charge in [0, 0.05) is 6.07 Å². The van der Waals surface area contributed by atoms with Crippen LogP contribution in [0.3, 0.4) is 0 Å². The van der Waals surface area contributed by atoms with Crippen molar-refractivity contribution in [2.45, 2.75) is 6.18 Å². The fourth-order valence-electron chi connectivity index (χ4n) is 1.19.